The summed E-state index contributed by atoms with van der Waals surface area (Å²) < 4.78 is 38.8. The summed E-state index contributed by atoms with van der Waals surface area (Å²) in [6.07, 6.45) is -4.44. The maximum atomic E-state index is 12.8. The first kappa shape index (κ1) is 18.5. The van der Waals surface area contributed by atoms with Crippen LogP contribution in [0.2, 0.25) is 0 Å². The van der Waals surface area contributed by atoms with Gasteiger partial charge in [-0.1, -0.05) is 0 Å². The molecular weight excluding hydrogens is 420 g/mol. The van der Waals surface area contributed by atoms with Gasteiger partial charge in [0.1, 0.15) is 0 Å². The number of halogens is 5. The van der Waals surface area contributed by atoms with Gasteiger partial charge >= 0.3 is 6.18 Å². The number of nitrogens with zero attached hydrogens (tertiary/aromatic N) is 1. The zero-order chi connectivity index (χ0) is 14.9. The molecule has 1 amide bonds. The number of benzene rings is 1. The van der Waals surface area contributed by atoms with Gasteiger partial charge in [-0.05, 0) is 47.7 Å². The van der Waals surface area contributed by atoms with E-state index >= 15 is 0 Å². The summed E-state index contributed by atoms with van der Waals surface area (Å²) in [5, 5.41) is 3.14. The highest BCUT2D eigenvalue weighted by Crippen LogP contribution is 2.31. The Labute approximate surface area is 140 Å². The monoisotopic (exact) mass is 434 g/mol. The maximum absolute atomic E-state index is 12.8. The topological polar surface area (TPSA) is 32.3 Å². The fraction of sp³-hybridized carbons (Fsp3) is 0.462. The van der Waals surface area contributed by atoms with Crippen molar-refractivity contribution in [3.05, 3.63) is 32.9 Å². The molecule has 1 N–H and O–H groups in total. The molecule has 1 aromatic rings. The number of nitrogens with one attached hydrogen (secondary N) is 1. The van der Waals surface area contributed by atoms with Crippen LogP contribution < -0.4 is 5.32 Å². The number of carbonyl (C=O) groups excluding carboxylic acids is 1. The minimum Gasteiger partial charge on any atom is -0.333 e. The molecule has 0 aromatic heterocycles. The summed E-state index contributed by atoms with van der Waals surface area (Å²) in [6.45, 7) is 3.70. The summed E-state index contributed by atoms with van der Waals surface area (Å²) in [4.78, 5) is 14.0. The van der Waals surface area contributed by atoms with Crippen LogP contribution in [0.25, 0.3) is 0 Å². The van der Waals surface area contributed by atoms with E-state index in [-0.39, 0.29) is 29.9 Å². The van der Waals surface area contributed by atoms with Crippen molar-refractivity contribution in [1.29, 1.82) is 0 Å². The maximum Gasteiger partial charge on any atom is 0.416 e. The Hall–Kier alpha value is -0.540. The second-order valence-electron chi connectivity index (χ2n) is 4.78. The Morgan fingerprint density at radius 2 is 2.05 bits per heavy atom. The number of hydrogen-bond donors (Lipinski definition) is 1. The molecule has 0 unspecified atom stereocenters. The molecule has 1 heterocycles. The smallest absolute Gasteiger partial charge is 0.333 e. The highest BCUT2D eigenvalue weighted by atomic mass is 127. The second kappa shape index (κ2) is 7.15. The van der Waals surface area contributed by atoms with Crippen LogP contribution in [0.4, 0.5) is 13.2 Å². The van der Waals surface area contributed by atoms with Gasteiger partial charge in [0, 0.05) is 34.8 Å². The van der Waals surface area contributed by atoms with Crippen LogP contribution >= 0.6 is 35.0 Å². The highest BCUT2D eigenvalue weighted by Gasteiger charge is 2.32. The van der Waals surface area contributed by atoms with E-state index in [9.17, 15) is 18.0 Å². The SMILES string of the molecule is C[C@@H]1CNCCN1C(=O)c1cc(I)cc(C(F)(F)F)c1.Cl. The van der Waals surface area contributed by atoms with Crippen LogP contribution in [-0.2, 0) is 6.18 Å². The van der Waals surface area contributed by atoms with Gasteiger partial charge in [0.2, 0.25) is 0 Å². The lowest BCUT2D eigenvalue weighted by atomic mass is 10.1. The zero-order valence-electron chi connectivity index (χ0n) is 11.2. The lowest BCUT2D eigenvalue weighted by molar-refractivity contribution is -0.137. The normalized spacial score (nSPS) is 19.1. The molecule has 0 bridgehead atoms. The first-order valence-corrected chi connectivity index (χ1v) is 7.26. The molecule has 21 heavy (non-hydrogen) atoms. The average molecular weight is 435 g/mol. The second-order valence-corrected chi connectivity index (χ2v) is 6.02. The number of carbonyl (C=O) groups is 1. The Bertz CT molecular complexity index is 525. The summed E-state index contributed by atoms with van der Waals surface area (Å²) in [7, 11) is 0. The Kier molecular flexibility index (Phi) is 6.30. The quantitative estimate of drug-likeness (QED) is 0.689. The van der Waals surface area contributed by atoms with E-state index in [0.717, 1.165) is 12.1 Å². The predicted molar refractivity (Wildman–Crippen MR) is 84.8 cm³/mol. The molecule has 1 atom stereocenters. The number of rotatable bonds is 1. The van der Waals surface area contributed by atoms with Gasteiger partial charge in [-0.2, -0.15) is 13.2 Å². The van der Waals surface area contributed by atoms with E-state index < -0.39 is 11.7 Å². The standard InChI is InChI=1S/C13H14F3IN2O.ClH/c1-8-7-18-2-3-19(8)12(20)9-4-10(13(14,15)16)6-11(17)5-9;/h4-6,8,18H,2-3,7H2,1H3;1H/t8-;/m1./s1. The molecule has 1 aromatic carbocycles. The van der Waals surface area contributed by atoms with E-state index in [1.807, 2.05) is 6.92 Å². The summed E-state index contributed by atoms with van der Waals surface area (Å²) in [5.74, 6) is -0.344. The van der Waals surface area contributed by atoms with Gasteiger partial charge in [-0.15, -0.1) is 12.4 Å². The molecule has 1 saturated heterocycles. The Balaban J connectivity index is 0.00000220. The molecule has 8 heteroatoms. The minimum absolute atomic E-state index is 0. The molecule has 1 aliphatic rings. The summed E-state index contributed by atoms with van der Waals surface area (Å²) >= 11 is 1.80. The van der Waals surface area contributed by atoms with Crippen molar-refractivity contribution in [2.75, 3.05) is 19.6 Å². The van der Waals surface area contributed by atoms with Crippen LogP contribution in [-0.4, -0.2) is 36.5 Å². The van der Waals surface area contributed by atoms with E-state index in [1.54, 1.807) is 27.5 Å². The molecule has 2 rings (SSSR count). The van der Waals surface area contributed by atoms with Crippen molar-refractivity contribution in [2.24, 2.45) is 0 Å². The number of hydrogen-bond acceptors (Lipinski definition) is 2. The molecule has 0 radical (unpaired) electrons. The van der Waals surface area contributed by atoms with E-state index in [2.05, 4.69) is 5.32 Å². The van der Waals surface area contributed by atoms with Crippen molar-refractivity contribution in [1.82, 2.24) is 10.2 Å². The third kappa shape index (κ3) is 4.46. The van der Waals surface area contributed by atoms with Crippen LogP contribution in [0.15, 0.2) is 18.2 Å². The first-order valence-electron chi connectivity index (χ1n) is 6.18. The Morgan fingerprint density at radius 3 is 2.62 bits per heavy atom. The van der Waals surface area contributed by atoms with Crippen molar-refractivity contribution in [3.63, 3.8) is 0 Å². The van der Waals surface area contributed by atoms with Gasteiger partial charge in [0.15, 0.2) is 0 Å². The molecule has 118 valence electrons. The van der Waals surface area contributed by atoms with E-state index in [4.69, 9.17) is 0 Å². The molecule has 1 aliphatic heterocycles. The first-order chi connectivity index (χ1) is 9.29. The van der Waals surface area contributed by atoms with Gasteiger partial charge in [0.25, 0.3) is 5.91 Å². The van der Waals surface area contributed by atoms with Crippen molar-refractivity contribution in [3.8, 4) is 0 Å². The van der Waals surface area contributed by atoms with Crippen LogP contribution in [0, 0.1) is 3.57 Å². The van der Waals surface area contributed by atoms with Crippen LogP contribution in [0.1, 0.15) is 22.8 Å². The third-order valence-electron chi connectivity index (χ3n) is 3.23. The zero-order valence-corrected chi connectivity index (χ0v) is 14.2. The van der Waals surface area contributed by atoms with Crippen LogP contribution in [0.3, 0.4) is 0 Å². The molecule has 0 saturated carbocycles. The predicted octanol–water partition coefficient (Wildman–Crippen LogP) is 3.17. The number of piperazine rings is 1. The van der Waals surface area contributed by atoms with Gasteiger partial charge in [-0.25, -0.2) is 0 Å². The molecule has 3 nitrogen and oxygen atoms in total. The third-order valence-corrected chi connectivity index (χ3v) is 3.86. The molecule has 0 aliphatic carbocycles. The largest absolute Gasteiger partial charge is 0.416 e. The van der Waals surface area contributed by atoms with Gasteiger partial charge in [0.05, 0.1) is 5.56 Å². The summed E-state index contributed by atoms with van der Waals surface area (Å²) in [5.41, 5.74) is -0.687. The van der Waals surface area contributed by atoms with Crippen molar-refractivity contribution in [2.45, 2.75) is 19.1 Å². The lowest BCUT2D eigenvalue weighted by Crippen LogP contribution is -2.52. The van der Waals surface area contributed by atoms with Crippen LogP contribution in [0.5, 0.6) is 0 Å². The van der Waals surface area contributed by atoms with E-state index in [0.29, 0.717) is 23.2 Å². The Morgan fingerprint density at radius 1 is 1.38 bits per heavy atom. The minimum atomic E-state index is -4.44. The highest BCUT2D eigenvalue weighted by molar-refractivity contribution is 14.1. The van der Waals surface area contributed by atoms with Crippen molar-refractivity contribution >= 4 is 40.9 Å². The van der Waals surface area contributed by atoms with E-state index in [1.165, 1.54) is 6.07 Å². The molecule has 0 spiro atoms. The number of alkyl halides is 3. The van der Waals surface area contributed by atoms with Gasteiger partial charge in [-0.3, -0.25) is 4.79 Å². The molecule has 1 fully saturated rings. The average Bonchev–Trinajstić information content (AvgIpc) is 2.37. The fourth-order valence-electron chi connectivity index (χ4n) is 2.19. The lowest BCUT2D eigenvalue weighted by Gasteiger charge is -2.34. The number of amides is 1. The van der Waals surface area contributed by atoms with Crippen molar-refractivity contribution < 1.29 is 18.0 Å². The molecular formula is C13H15ClF3IN2O. The fourth-order valence-corrected chi connectivity index (χ4v) is 2.86. The van der Waals surface area contributed by atoms with Gasteiger partial charge < -0.3 is 10.2 Å². The summed E-state index contributed by atoms with van der Waals surface area (Å²) in [6, 6.07) is 3.44.